The summed E-state index contributed by atoms with van der Waals surface area (Å²) in [5, 5.41) is 1.29. The normalized spacial score (nSPS) is 14.6. The maximum Gasteiger partial charge on any atom is 0.214 e. The van der Waals surface area contributed by atoms with E-state index in [2.05, 4.69) is 4.90 Å². The zero-order valence-electron chi connectivity index (χ0n) is 8.60. The standard InChI is InChI=1S/C11H13NO2S/c1-9-4-2-5-11(12-6-3-7-12)10(9)8-15(13)14/h2,4-5,8H,3,6-7H2,1H3. The smallest absolute Gasteiger partial charge is 0.214 e. The third-order valence-corrected chi connectivity index (χ3v) is 3.14. The highest BCUT2D eigenvalue weighted by atomic mass is 32.2. The van der Waals surface area contributed by atoms with Crippen LogP contribution in [0.5, 0.6) is 0 Å². The van der Waals surface area contributed by atoms with Crippen LogP contribution in [-0.2, 0) is 10.3 Å². The summed E-state index contributed by atoms with van der Waals surface area (Å²) in [5.74, 6) is 0. The van der Waals surface area contributed by atoms with Crippen molar-refractivity contribution in [2.75, 3.05) is 18.0 Å². The first-order valence-corrected chi connectivity index (χ1v) is 6.10. The lowest BCUT2D eigenvalue weighted by Crippen LogP contribution is -2.37. The Bertz CT molecular complexity index is 493. The van der Waals surface area contributed by atoms with Gasteiger partial charge in [-0.15, -0.1) is 0 Å². The Morgan fingerprint density at radius 2 is 2.07 bits per heavy atom. The van der Waals surface area contributed by atoms with Crippen LogP contribution in [0.15, 0.2) is 18.2 Å². The largest absolute Gasteiger partial charge is 0.371 e. The Balaban J connectivity index is 2.52. The predicted octanol–water partition coefficient (Wildman–Crippen LogP) is 1.23. The molecule has 1 aliphatic heterocycles. The number of hydrogen-bond acceptors (Lipinski definition) is 3. The highest BCUT2D eigenvalue weighted by Gasteiger charge is 2.17. The number of nitrogens with zero attached hydrogens (tertiary/aromatic N) is 1. The average Bonchev–Trinajstić information content (AvgIpc) is 2.07. The molecule has 0 radical (unpaired) electrons. The summed E-state index contributed by atoms with van der Waals surface area (Å²) in [7, 11) is -2.13. The van der Waals surface area contributed by atoms with Crippen molar-refractivity contribution < 1.29 is 8.42 Å². The molecule has 0 aliphatic carbocycles. The van der Waals surface area contributed by atoms with Crippen molar-refractivity contribution in [2.45, 2.75) is 13.3 Å². The topological polar surface area (TPSA) is 37.4 Å². The maximum atomic E-state index is 10.7. The first-order chi connectivity index (χ1) is 7.18. The van der Waals surface area contributed by atoms with Gasteiger partial charge >= 0.3 is 0 Å². The Hall–Kier alpha value is -1.29. The van der Waals surface area contributed by atoms with Crippen molar-refractivity contribution in [3.63, 3.8) is 0 Å². The lowest BCUT2D eigenvalue weighted by Gasteiger charge is -2.34. The molecule has 1 aromatic carbocycles. The molecule has 2 rings (SSSR count). The van der Waals surface area contributed by atoms with Gasteiger partial charge in [0.25, 0.3) is 0 Å². The van der Waals surface area contributed by atoms with Crippen molar-refractivity contribution in [1.29, 1.82) is 0 Å². The summed E-state index contributed by atoms with van der Waals surface area (Å²) in [5.41, 5.74) is 2.86. The average molecular weight is 223 g/mol. The Morgan fingerprint density at radius 3 is 2.60 bits per heavy atom. The van der Waals surface area contributed by atoms with E-state index in [-0.39, 0.29) is 0 Å². The molecule has 0 spiro atoms. The van der Waals surface area contributed by atoms with E-state index in [1.807, 2.05) is 25.1 Å². The van der Waals surface area contributed by atoms with Crippen LogP contribution in [0.2, 0.25) is 0 Å². The number of rotatable bonds is 2. The van der Waals surface area contributed by atoms with Crippen molar-refractivity contribution in [2.24, 2.45) is 0 Å². The summed E-state index contributed by atoms with van der Waals surface area (Å²) < 4.78 is 21.5. The van der Waals surface area contributed by atoms with Crippen LogP contribution in [0.25, 0.3) is 0 Å². The summed E-state index contributed by atoms with van der Waals surface area (Å²) in [6.45, 7) is 3.98. The number of benzene rings is 1. The fourth-order valence-corrected chi connectivity index (χ4v) is 2.25. The molecule has 1 aliphatic rings. The Morgan fingerprint density at radius 1 is 1.33 bits per heavy atom. The molecule has 1 heterocycles. The van der Waals surface area contributed by atoms with E-state index in [4.69, 9.17) is 0 Å². The van der Waals surface area contributed by atoms with Crippen LogP contribution < -0.4 is 4.90 Å². The molecule has 1 fully saturated rings. The molecule has 80 valence electrons. The Kier molecular flexibility index (Phi) is 2.77. The van der Waals surface area contributed by atoms with Crippen LogP contribution >= 0.6 is 0 Å². The van der Waals surface area contributed by atoms with Crippen molar-refractivity contribution in [3.8, 4) is 0 Å². The van der Waals surface area contributed by atoms with E-state index in [0.29, 0.717) is 0 Å². The second kappa shape index (κ2) is 4.06. The fourth-order valence-electron chi connectivity index (χ4n) is 1.75. The molecule has 0 N–H and O–H groups in total. The first kappa shape index (κ1) is 10.2. The van der Waals surface area contributed by atoms with Crippen LogP contribution in [0.4, 0.5) is 5.69 Å². The summed E-state index contributed by atoms with van der Waals surface area (Å²) in [6.07, 6.45) is 1.19. The van der Waals surface area contributed by atoms with Gasteiger partial charge in [0.15, 0.2) is 0 Å². The molecular weight excluding hydrogens is 210 g/mol. The molecular formula is C11H13NO2S. The molecule has 4 heteroatoms. The minimum absolute atomic E-state index is 0.825. The number of aryl methyl sites for hydroxylation is 1. The molecule has 1 saturated heterocycles. The molecule has 0 aromatic heterocycles. The van der Waals surface area contributed by atoms with Gasteiger partial charge in [-0.05, 0) is 25.0 Å². The van der Waals surface area contributed by atoms with Gasteiger partial charge in [0.1, 0.15) is 0 Å². The van der Waals surface area contributed by atoms with E-state index in [9.17, 15) is 8.42 Å². The highest BCUT2D eigenvalue weighted by molar-refractivity contribution is 7.71. The molecule has 0 atom stereocenters. The molecule has 0 saturated carbocycles. The number of hydrogen-bond donors (Lipinski definition) is 0. The predicted molar refractivity (Wildman–Crippen MR) is 62.1 cm³/mol. The third-order valence-electron chi connectivity index (χ3n) is 2.71. The summed E-state index contributed by atoms with van der Waals surface area (Å²) in [4.78, 5) is 2.20. The van der Waals surface area contributed by atoms with Crippen LogP contribution in [0, 0.1) is 6.92 Å². The van der Waals surface area contributed by atoms with E-state index < -0.39 is 10.3 Å². The summed E-state index contributed by atoms with van der Waals surface area (Å²) >= 11 is 0. The van der Waals surface area contributed by atoms with Gasteiger partial charge in [-0.2, -0.15) is 8.42 Å². The highest BCUT2D eigenvalue weighted by Crippen LogP contribution is 2.25. The fraction of sp³-hybridized carbons (Fsp3) is 0.364. The lowest BCUT2D eigenvalue weighted by atomic mass is 10.0. The first-order valence-electron chi connectivity index (χ1n) is 4.96. The van der Waals surface area contributed by atoms with Crippen LogP contribution in [-0.4, -0.2) is 26.9 Å². The molecule has 0 unspecified atom stereocenters. The number of anilines is 1. The molecule has 0 bridgehead atoms. The second-order valence-corrected chi connectivity index (χ2v) is 4.48. The zero-order chi connectivity index (χ0) is 10.8. The van der Waals surface area contributed by atoms with Crippen molar-refractivity contribution in [3.05, 3.63) is 29.3 Å². The van der Waals surface area contributed by atoms with E-state index in [1.165, 1.54) is 11.8 Å². The second-order valence-electron chi connectivity index (χ2n) is 3.73. The van der Waals surface area contributed by atoms with Gasteiger partial charge in [-0.1, -0.05) is 12.1 Å². The van der Waals surface area contributed by atoms with Gasteiger partial charge in [0.05, 0.1) is 5.37 Å². The molecule has 15 heavy (non-hydrogen) atoms. The third kappa shape index (κ3) is 2.04. The molecule has 0 amide bonds. The lowest BCUT2D eigenvalue weighted by molar-refractivity contribution is 0.617. The van der Waals surface area contributed by atoms with Crippen molar-refractivity contribution in [1.82, 2.24) is 0 Å². The monoisotopic (exact) mass is 223 g/mol. The van der Waals surface area contributed by atoms with Gasteiger partial charge < -0.3 is 4.90 Å². The van der Waals surface area contributed by atoms with E-state index >= 15 is 0 Å². The minimum Gasteiger partial charge on any atom is -0.371 e. The minimum atomic E-state index is -2.13. The quantitative estimate of drug-likeness (QED) is 0.708. The zero-order valence-corrected chi connectivity index (χ0v) is 9.42. The van der Waals surface area contributed by atoms with Crippen molar-refractivity contribution >= 4 is 21.3 Å². The molecule has 1 aromatic rings. The van der Waals surface area contributed by atoms with Gasteiger partial charge in [-0.25, -0.2) is 0 Å². The molecule has 3 nitrogen and oxygen atoms in total. The van der Waals surface area contributed by atoms with E-state index in [0.717, 1.165) is 29.9 Å². The van der Waals surface area contributed by atoms with Gasteiger partial charge in [0.2, 0.25) is 10.3 Å². The summed E-state index contributed by atoms with van der Waals surface area (Å²) in [6, 6.07) is 5.88. The van der Waals surface area contributed by atoms with Crippen LogP contribution in [0.3, 0.4) is 0 Å². The maximum absolute atomic E-state index is 10.7. The van der Waals surface area contributed by atoms with E-state index in [1.54, 1.807) is 0 Å². The SMILES string of the molecule is Cc1cccc(N2CCC2)c1C=S(=O)=O. The van der Waals surface area contributed by atoms with Crippen LogP contribution in [0.1, 0.15) is 17.5 Å². The Labute approximate surface area is 90.9 Å². The van der Waals surface area contributed by atoms with Gasteiger partial charge in [0, 0.05) is 24.3 Å². The van der Waals surface area contributed by atoms with Gasteiger partial charge in [-0.3, -0.25) is 0 Å².